The second-order valence-electron chi connectivity index (χ2n) is 6.30. The number of morpholine rings is 1. The monoisotopic (exact) mass is 370 g/mol. The molecule has 7 heteroatoms. The molecule has 0 amide bonds. The van der Waals surface area contributed by atoms with E-state index in [4.69, 9.17) is 4.74 Å². The van der Waals surface area contributed by atoms with Crippen LogP contribution in [0.2, 0.25) is 0 Å². The number of rotatable bonds is 6. The Bertz CT molecular complexity index is 624. The van der Waals surface area contributed by atoms with Gasteiger partial charge in [0.2, 0.25) is 10.0 Å². The standard InChI is InChI=1S/C17H26N2O3S2/c20-24(21,19-7-9-22-10-8-19)14-16-4-2-1-3-15(16)13-18-17-5-11-23-12-6-17/h1-4,17-18H,5-14H2. The second kappa shape index (κ2) is 8.67. The van der Waals surface area contributed by atoms with E-state index in [0.29, 0.717) is 32.3 Å². The summed E-state index contributed by atoms with van der Waals surface area (Å²) in [6, 6.07) is 8.43. The Balaban J connectivity index is 1.64. The van der Waals surface area contributed by atoms with Crippen molar-refractivity contribution in [1.29, 1.82) is 0 Å². The molecular weight excluding hydrogens is 344 g/mol. The molecule has 2 aliphatic heterocycles. The van der Waals surface area contributed by atoms with Gasteiger partial charge in [-0.1, -0.05) is 24.3 Å². The molecule has 0 spiro atoms. The van der Waals surface area contributed by atoms with Crippen molar-refractivity contribution in [3.63, 3.8) is 0 Å². The maximum Gasteiger partial charge on any atom is 0.218 e. The van der Waals surface area contributed by atoms with Gasteiger partial charge in [-0.05, 0) is 35.5 Å². The van der Waals surface area contributed by atoms with Crippen LogP contribution in [-0.2, 0) is 27.1 Å². The molecule has 0 bridgehead atoms. The quantitative estimate of drug-likeness (QED) is 0.828. The topological polar surface area (TPSA) is 58.6 Å². The smallest absolute Gasteiger partial charge is 0.218 e. The van der Waals surface area contributed by atoms with Crippen molar-refractivity contribution in [2.75, 3.05) is 37.8 Å². The number of benzene rings is 1. The van der Waals surface area contributed by atoms with Crippen LogP contribution in [-0.4, -0.2) is 56.6 Å². The van der Waals surface area contributed by atoms with Gasteiger partial charge in [0.25, 0.3) is 0 Å². The number of thioether (sulfide) groups is 1. The van der Waals surface area contributed by atoms with Crippen LogP contribution < -0.4 is 5.32 Å². The molecule has 5 nitrogen and oxygen atoms in total. The Labute approximate surface area is 149 Å². The van der Waals surface area contributed by atoms with Crippen LogP contribution in [0.1, 0.15) is 24.0 Å². The minimum atomic E-state index is -3.28. The van der Waals surface area contributed by atoms with Crippen LogP contribution in [0.3, 0.4) is 0 Å². The van der Waals surface area contributed by atoms with Gasteiger partial charge in [0.15, 0.2) is 0 Å². The zero-order chi connectivity index (χ0) is 16.8. The molecule has 2 aliphatic rings. The summed E-state index contributed by atoms with van der Waals surface area (Å²) < 4.78 is 32.1. The van der Waals surface area contributed by atoms with Crippen LogP contribution in [0.25, 0.3) is 0 Å². The zero-order valence-electron chi connectivity index (χ0n) is 13.9. The highest BCUT2D eigenvalue weighted by molar-refractivity contribution is 7.99. The molecule has 134 valence electrons. The number of hydrogen-bond donors (Lipinski definition) is 1. The Morgan fingerprint density at radius 3 is 2.50 bits per heavy atom. The second-order valence-corrected chi connectivity index (χ2v) is 9.50. The average molecular weight is 371 g/mol. The molecule has 0 aromatic heterocycles. The number of hydrogen-bond acceptors (Lipinski definition) is 5. The van der Waals surface area contributed by atoms with Gasteiger partial charge in [0, 0.05) is 25.7 Å². The first-order valence-electron chi connectivity index (χ1n) is 8.58. The average Bonchev–Trinajstić information content (AvgIpc) is 2.62. The largest absolute Gasteiger partial charge is 0.379 e. The van der Waals surface area contributed by atoms with Crippen molar-refractivity contribution < 1.29 is 13.2 Å². The van der Waals surface area contributed by atoms with Crippen LogP contribution in [0, 0.1) is 0 Å². The summed E-state index contributed by atoms with van der Waals surface area (Å²) in [6.07, 6.45) is 2.39. The molecule has 1 aromatic carbocycles. The van der Waals surface area contributed by atoms with Gasteiger partial charge < -0.3 is 10.1 Å². The molecular formula is C17H26N2O3S2. The van der Waals surface area contributed by atoms with E-state index in [0.717, 1.165) is 17.7 Å². The third-order valence-corrected chi connectivity index (χ3v) is 7.50. The van der Waals surface area contributed by atoms with E-state index in [2.05, 4.69) is 5.32 Å². The Morgan fingerprint density at radius 2 is 1.79 bits per heavy atom. The van der Waals surface area contributed by atoms with Gasteiger partial charge in [-0.2, -0.15) is 16.1 Å². The Hall–Kier alpha value is -0.600. The number of nitrogens with one attached hydrogen (secondary N) is 1. The third-order valence-electron chi connectivity index (χ3n) is 4.62. The predicted octanol–water partition coefficient (Wildman–Crippen LogP) is 1.83. The van der Waals surface area contributed by atoms with Crippen LogP contribution in [0.15, 0.2) is 24.3 Å². The fourth-order valence-corrected chi connectivity index (χ4v) is 5.81. The van der Waals surface area contributed by atoms with Crippen LogP contribution >= 0.6 is 11.8 Å². The molecule has 0 atom stereocenters. The lowest BCUT2D eigenvalue weighted by Crippen LogP contribution is -2.41. The van der Waals surface area contributed by atoms with E-state index in [9.17, 15) is 8.42 Å². The summed E-state index contributed by atoms with van der Waals surface area (Å²) in [6.45, 7) is 2.64. The van der Waals surface area contributed by atoms with Crippen molar-refractivity contribution in [3.05, 3.63) is 35.4 Å². The summed E-state index contributed by atoms with van der Waals surface area (Å²) in [7, 11) is -3.28. The highest BCUT2D eigenvalue weighted by atomic mass is 32.2. The fraction of sp³-hybridized carbons (Fsp3) is 0.647. The van der Waals surface area contributed by atoms with Crippen LogP contribution in [0.5, 0.6) is 0 Å². The Morgan fingerprint density at radius 1 is 1.12 bits per heavy atom. The molecule has 2 heterocycles. The SMILES string of the molecule is O=S(=O)(Cc1ccccc1CNC1CCSCC1)N1CCOCC1. The molecule has 2 fully saturated rings. The van der Waals surface area contributed by atoms with E-state index in [1.54, 1.807) is 4.31 Å². The van der Waals surface area contributed by atoms with E-state index in [1.165, 1.54) is 24.3 Å². The van der Waals surface area contributed by atoms with Gasteiger partial charge in [-0.25, -0.2) is 8.42 Å². The van der Waals surface area contributed by atoms with Gasteiger partial charge >= 0.3 is 0 Å². The summed E-state index contributed by atoms with van der Waals surface area (Å²) in [5.41, 5.74) is 1.99. The van der Waals surface area contributed by atoms with Gasteiger partial charge in [0.1, 0.15) is 0 Å². The van der Waals surface area contributed by atoms with Gasteiger partial charge in [0.05, 0.1) is 19.0 Å². The predicted molar refractivity (Wildman–Crippen MR) is 98.6 cm³/mol. The molecule has 24 heavy (non-hydrogen) atoms. The molecule has 0 radical (unpaired) electrons. The van der Waals surface area contributed by atoms with Crippen molar-refractivity contribution in [3.8, 4) is 0 Å². The molecule has 0 aliphatic carbocycles. The molecule has 3 rings (SSSR count). The van der Waals surface area contributed by atoms with Crippen LogP contribution in [0.4, 0.5) is 0 Å². The van der Waals surface area contributed by atoms with Crippen molar-refractivity contribution >= 4 is 21.8 Å². The van der Waals surface area contributed by atoms with E-state index >= 15 is 0 Å². The first-order valence-corrected chi connectivity index (χ1v) is 11.3. The van der Waals surface area contributed by atoms with E-state index in [-0.39, 0.29) is 5.75 Å². The van der Waals surface area contributed by atoms with Crippen molar-refractivity contribution in [2.24, 2.45) is 0 Å². The normalized spacial score (nSPS) is 21.0. The number of ether oxygens (including phenoxy) is 1. The number of sulfonamides is 1. The lowest BCUT2D eigenvalue weighted by molar-refractivity contribution is 0.0729. The molecule has 1 N–H and O–H groups in total. The molecule has 0 saturated carbocycles. The summed E-state index contributed by atoms with van der Waals surface area (Å²) in [4.78, 5) is 0. The lowest BCUT2D eigenvalue weighted by atomic mass is 10.1. The lowest BCUT2D eigenvalue weighted by Gasteiger charge is -2.27. The molecule has 2 saturated heterocycles. The minimum Gasteiger partial charge on any atom is -0.379 e. The fourth-order valence-electron chi connectivity index (χ4n) is 3.14. The first kappa shape index (κ1) is 18.2. The molecule has 0 unspecified atom stereocenters. The maximum atomic E-state index is 12.7. The summed E-state index contributed by atoms with van der Waals surface area (Å²) >= 11 is 2.01. The third kappa shape index (κ3) is 4.95. The van der Waals surface area contributed by atoms with Crippen molar-refractivity contribution in [2.45, 2.75) is 31.2 Å². The first-order chi connectivity index (χ1) is 11.6. The number of nitrogens with zero attached hydrogens (tertiary/aromatic N) is 1. The zero-order valence-corrected chi connectivity index (χ0v) is 15.6. The van der Waals surface area contributed by atoms with Crippen molar-refractivity contribution in [1.82, 2.24) is 9.62 Å². The minimum absolute atomic E-state index is 0.0748. The highest BCUT2D eigenvalue weighted by Gasteiger charge is 2.25. The summed E-state index contributed by atoms with van der Waals surface area (Å²) in [5, 5.41) is 3.60. The molecule has 1 aromatic rings. The maximum absolute atomic E-state index is 12.7. The van der Waals surface area contributed by atoms with Gasteiger partial charge in [-0.3, -0.25) is 0 Å². The van der Waals surface area contributed by atoms with Gasteiger partial charge in [-0.15, -0.1) is 0 Å². The van der Waals surface area contributed by atoms with E-state index in [1.807, 2.05) is 36.0 Å². The summed E-state index contributed by atoms with van der Waals surface area (Å²) in [5.74, 6) is 2.50. The van der Waals surface area contributed by atoms with E-state index < -0.39 is 10.0 Å². The highest BCUT2D eigenvalue weighted by Crippen LogP contribution is 2.19. The Kier molecular flexibility index (Phi) is 6.57.